The summed E-state index contributed by atoms with van der Waals surface area (Å²) in [6.07, 6.45) is 4.17. The molecule has 31 heavy (non-hydrogen) atoms. The molecule has 0 aromatic heterocycles. The Hall–Kier alpha value is -2.61. The molecule has 0 atom stereocenters. The summed E-state index contributed by atoms with van der Waals surface area (Å²) in [6, 6.07) is 8.92. The van der Waals surface area contributed by atoms with E-state index in [2.05, 4.69) is 11.6 Å². The van der Waals surface area contributed by atoms with Crippen LogP contribution in [0.25, 0.3) is 6.08 Å². The molecule has 1 heterocycles. The Morgan fingerprint density at radius 2 is 1.94 bits per heavy atom. The molecule has 3 rings (SSSR count). The van der Waals surface area contributed by atoms with Crippen LogP contribution in [-0.4, -0.2) is 31.4 Å². The standard InChI is InChI=1S/C22H20Cl2N2O4S/c1-3-4-13-5-6-17(18(9-13)28-2)29-7-8-30-20-14(10-15(23)12-16(20)24)11-19-21(27)26-22(25)31-19/h3,5-6,9-12H,1,4,7-8H2,2H3,(H2,25,26,27)/b19-11+. The molecule has 0 aliphatic carbocycles. The van der Waals surface area contributed by atoms with Gasteiger partial charge in [-0.05, 0) is 54.1 Å². The summed E-state index contributed by atoms with van der Waals surface area (Å²) in [4.78, 5) is 16.0. The van der Waals surface area contributed by atoms with Crippen molar-refractivity contribution in [3.8, 4) is 17.2 Å². The molecule has 0 spiro atoms. The largest absolute Gasteiger partial charge is 0.493 e. The predicted molar refractivity (Wildman–Crippen MR) is 127 cm³/mol. The summed E-state index contributed by atoms with van der Waals surface area (Å²) in [5.41, 5.74) is 7.23. The minimum Gasteiger partial charge on any atom is -0.493 e. The van der Waals surface area contributed by atoms with Crippen molar-refractivity contribution in [2.24, 2.45) is 10.7 Å². The minimum atomic E-state index is -0.417. The molecule has 0 saturated carbocycles. The number of benzene rings is 2. The van der Waals surface area contributed by atoms with Gasteiger partial charge in [0.1, 0.15) is 19.0 Å². The molecule has 2 aromatic carbocycles. The number of carbonyl (C=O) groups excluding carboxylic acids is 1. The van der Waals surface area contributed by atoms with Crippen molar-refractivity contribution in [2.75, 3.05) is 20.3 Å². The van der Waals surface area contributed by atoms with E-state index < -0.39 is 5.91 Å². The topological polar surface area (TPSA) is 83.1 Å². The first-order valence-electron chi connectivity index (χ1n) is 9.21. The Labute approximate surface area is 194 Å². The molecule has 0 saturated heterocycles. The highest BCUT2D eigenvalue weighted by Gasteiger charge is 2.21. The smallest absolute Gasteiger partial charge is 0.286 e. The number of rotatable bonds is 9. The number of amidine groups is 1. The quantitative estimate of drug-likeness (QED) is 0.306. The van der Waals surface area contributed by atoms with E-state index in [1.165, 1.54) is 0 Å². The van der Waals surface area contributed by atoms with Gasteiger partial charge in [-0.25, -0.2) is 0 Å². The van der Waals surface area contributed by atoms with Gasteiger partial charge in [0.2, 0.25) is 0 Å². The third-order valence-electron chi connectivity index (χ3n) is 4.16. The Kier molecular flexibility index (Phi) is 7.90. The highest BCUT2D eigenvalue weighted by Crippen LogP contribution is 2.36. The molecular formula is C22H20Cl2N2O4S. The lowest BCUT2D eigenvalue weighted by Gasteiger charge is -2.14. The average Bonchev–Trinajstić information content (AvgIpc) is 3.04. The van der Waals surface area contributed by atoms with Crippen molar-refractivity contribution < 1.29 is 19.0 Å². The molecule has 0 unspecified atom stereocenters. The number of hydrogen-bond acceptors (Lipinski definition) is 6. The van der Waals surface area contributed by atoms with Crippen LogP contribution in [0, 0.1) is 0 Å². The van der Waals surface area contributed by atoms with Crippen molar-refractivity contribution in [3.63, 3.8) is 0 Å². The maximum absolute atomic E-state index is 11.9. The van der Waals surface area contributed by atoms with Crippen LogP contribution in [0.4, 0.5) is 0 Å². The lowest BCUT2D eigenvalue weighted by atomic mass is 10.1. The van der Waals surface area contributed by atoms with Gasteiger partial charge >= 0.3 is 0 Å². The van der Waals surface area contributed by atoms with Gasteiger partial charge in [-0.1, -0.05) is 35.3 Å². The zero-order valence-corrected chi connectivity index (χ0v) is 19.0. The summed E-state index contributed by atoms with van der Waals surface area (Å²) < 4.78 is 17.0. The Balaban J connectivity index is 1.69. The molecule has 9 heteroatoms. The van der Waals surface area contributed by atoms with E-state index in [4.69, 9.17) is 43.1 Å². The number of thioether (sulfide) groups is 1. The fourth-order valence-corrected chi connectivity index (χ4v) is 4.06. The molecule has 0 radical (unpaired) electrons. The third kappa shape index (κ3) is 5.97. The Bertz CT molecular complexity index is 1070. The summed E-state index contributed by atoms with van der Waals surface area (Å²) in [5, 5.41) is 0.914. The van der Waals surface area contributed by atoms with Gasteiger partial charge in [-0.2, -0.15) is 4.99 Å². The number of carbonyl (C=O) groups is 1. The number of methoxy groups -OCH3 is 1. The van der Waals surface area contributed by atoms with Crippen LogP contribution in [0.2, 0.25) is 10.0 Å². The maximum Gasteiger partial charge on any atom is 0.286 e. The second-order valence-corrected chi connectivity index (χ2v) is 8.25. The molecule has 162 valence electrons. The van der Waals surface area contributed by atoms with E-state index in [1.807, 2.05) is 24.3 Å². The maximum atomic E-state index is 11.9. The summed E-state index contributed by atoms with van der Waals surface area (Å²) >= 11 is 13.5. The molecule has 2 aromatic rings. The highest BCUT2D eigenvalue weighted by atomic mass is 35.5. The molecule has 2 N–H and O–H groups in total. The zero-order chi connectivity index (χ0) is 22.4. The van der Waals surface area contributed by atoms with E-state index in [0.29, 0.717) is 37.8 Å². The first-order valence-corrected chi connectivity index (χ1v) is 10.8. The Morgan fingerprint density at radius 3 is 2.61 bits per heavy atom. The van der Waals surface area contributed by atoms with Crippen LogP contribution in [0.1, 0.15) is 11.1 Å². The van der Waals surface area contributed by atoms with Gasteiger partial charge in [0.25, 0.3) is 5.91 Å². The molecular weight excluding hydrogens is 459 g/mol. The van der Waals surface area contributed by atoms with Gasteiger partial charge in [0.05, 0.1) is 17.0 Å². The van der Waals surface area contributed by atoms with E-state index in [1.54, 1.807) is 25.3 Å². The van der Waals surface area contributed by atoms with Gasteiger partial charge in [-0.3, -0.25) is 4.79 Å². The predicted octanol–water partition coefficient (Wildman–Crippen LogP) is 5.12. The number of nitrogens with two attached hydrogens (primary N) is 1. The number of ether oxygens (including phenoxy) is 3. The van der Waals surface area contributed by atoms with E-state index in [-0.39, 0.29) is 18.4 Å². The van der Waals surface area contributed by atoms with Crippen LogP contribution in [0.15, 0.2) is 52.9 Å². The second kappa shape index (κ2) is 10.6. The van der Waals surface area contributed by atoms with Crippen LogP contribution < -0.4 is 19.9 Å². The van der Waals surface area contributed by atoms with Crippen molar-refractivity contribution in [1.29, 1.82) is 0 Å². The van der Waals surface area contributed by atoms with E-state index in [0.717, 1.165) is 23.7 Å². The Morgan fingerprint density at radius 1 is 1.16 bits per heavy atom. The van der Waals surface area contributed by atoms with Crippen molar-refractivity contribution in [2.45, 2.75) is 6.42 Å². The molecule has 1 aliphatic rings. The van der Waals surface area contributed by atoms with Crippen LogP contribution in [-0.2, 0) is 11.2 Å². The number of halogens is 2. The summed E-state index contributed by atoms with van der Waals surface area (Å²) in [6.45, 7) is 4.19. The van der Waals surface area contributed by atoms with E-state index in [9.17, 15) is 4.79 Å². The lowest BCUT2D eigenvalue weighted by molar-refractivity contribution is -0.113. The number of nitrogens with zero attached hydrogens (tertiary/aromatic N) is 1. The van der Waals surface area contributed by atoms with Gasteiger partial charge in [0, 0.05) is 10.6 Å². The van der Waals surface area contributed by atoms with Crippen LogP contribution in [0.5, 0.6) is 17.2 Å². The monoisotopic (exact) mass is 478 g/mol. The number of allylic oxidation sites excluding steroid dienone is 1. The summed E-state index contributed by atoms with van der Waals surface area (Å²) in [5.74, 6) is 1.20. The van der Waals surface area contributed by atoms with Crippen molar-refractivity contribution >= 4 is 52.1 Å². The van der Waals surface area contributed by atoms with E-state index >= 15 is 0 Å². The fourth-order valence-electron chi connectivity index (χ4n) is 2.83. The SMILES string of the molecule is C=CCc1ccc(OCCOc2c(Cl)cc(Cl)cc2/C=C2/SC(N)=NC2=O)c(OC)c1. The van der Waals surface area contributed by atoms with Gasteiger partial charge in [0.15, 0.2) is 16.7 Å². The summed E-state index contributed by atoms with van der Waals surface area (Å²) in [7, 11) is 1.59. The number of aliphatic imine (C=N–C) groups is 1. The average molecular weight is 479 g/mol. The van der Waals surface area contributed by atoms with Crippen LogP contribution in [0.3, 0.4) is 0 Å². The zero-order valence-electron chi connectivity index (χ0n) is 16.7. The molecule has 1 aliphatic heterocycles. The van der Waals surface area contributed by atoms with Gasteiger partial charge < -0.3 is 19.9 Å². The first kappa shape index (κ1) is 23.1. The second-order valence-electron chi connectivity index (χ2n) is 6.35. The van der Waals surface area contributed by atoms with Crippen LogP contribution >= 0.6 is 35.0 Å². The highest BCUT2D eigenvalue weighted by molar-refractivity contribution is 8.18. The number of hydrogen-bond donors (Lipinski definition) is 1. The molecule has 1 amide bonds. The van der Waals surface area contributed by atoms with Gasteiger partial charge in [-0.15, -0.1) is 6.58 Å². The molecule has 0 fully saturated rings. The van der Waals surface area contributed by atoms with Crippen molar-refractivity contribution in [3.05, 3.63) is 69.1 Å². The first-order chi connectivity index (χ1) is 14.9. The minimum absolute atomic E-state index is 0.188. The van der Waals surface area contributed by atoms with Crippen molar-refractivity contribution in [1.82, 2.24) is 0 Å². The lowest BCUT2D eigenvalue weighted by Crippen LogP contribution is -2.10. The number of amides is 1. The molecule has 6 nitrogen and oxygen atoms in total. The molecule has 0 bridgehead atoms. The normalized spacial score (nSPS) is 14.5. The third-order valence-corrected chi connectivity index (χ3v) is 5.47. The fraction of sp³-hybridized carbons (Fsp3) is 0.182.